The van der Waals surface area contributed by atoms with Crippen LogP contribution in [-0.2, 0) is 9.59 Å². The van der Waals surface area contributed by atoms with Crippen molar-refractivity contribution in [2.45, 2.75) is 57.0 Å². The third-order valence-corrected chi connectivity index (χ3v) is 7.75. The number of aliphatic hydroxyl groups excluding tert-OH is 1. The third-order valence-electron chi connectivity index (χ3n) is 7.75. The SMILES string of the molecule is CC(=O)c1c(C2C[C@H]3CC[C@@H](C2)N3C(=O)CO)nc2c(-c3ccc(N4NCCC4=O)nc3)cnn2c1N. The summed E-state index contributed by atoms with van der Waals surface area (Å²) in [4.78, 5) is 48.3. The van der Waals surface area contributed by atoms with E-state index in [2.05, 4.69) is 15.5 Å². The molecule has 3 aliphatic rings. The molecular formula is C25H28N8O4. The normalized spacial score (nSPS) is 23.3. The number of piperidine rings is 1. The Morgan fingerprint density at radius 1 is 1.19 bits per heavy atom. The van der Waals surface area contributed by atoms with Crippen molar-refractivity contribution >= 4 is 34.9 Å². The third kappa shape index (κ3) is 3.75. The van der Waals surface area contributed by atoms with Crippen LogP contribution in [0.1, 0.15) is 61.0 Å². The summed E-state index contributed by atoms with van der Waals surface area (Å²) in [6.45, 7) is 1.56. The van der Waals surface area contributed by atoms with Gasteiger partial charge >= 0.3 is 0 Å². The first-order chi connectivity index (χ1) is 17.9. The van der Waals surface area contributed by atoms with Gasteiger partial charge in [-0.15, -0.1) is 0 Å². The zero-order valence-electron chi connectivity index (χ0n) is 20.4. The first kappa shape index (κ1) is 23.5. The van der Waals surface area contributed by atoms with Crippen molar-refractivity contribution in [3.05, 3.63) is 35.8 Å². The van der Waals surface area contributed by atoms with Gasteiger partial charge in [0.1, 0.15) is 18.2 Å². The quantitative estimate of drug-likeness (QED) is 0.432. The van der Waals surface area contributed by atoms with Crippen LogP contribution >= 0.6 is 0 Å². The van der Waals surface area contributed by atoms with Crippen LogP contribution in [0, 0.1) is 0 Å². The van der Waals surface area contributed by atoms with Crippen LogP contribution in [0.25, 0.3) is 16.8 Å². The summed E-state index contributed by atoms with van der Waals surface area (Å²) < 4.78 is 1.48. The number of hydrogen-bond donors (Lipinski definition) is 3. The lowest BCUT2D eigenvalue weighted by Gasteiger charge is -2.39. The number of aromatic nitrogens is 4. The Morgan fingerprint density at radius 2 is 1.95 bits per heavy atom. The number of nitrogen functional groups attached to an aromatic ring is 1. The lowest BCUT2D eigenvalue weighted by Crippen LogP contribution is -2.47. The van der Waals surface area contributed by atoms with Crippen LogP contribution in [0.4, 0.5) is 11.6 Å². The van der Waals surface area contributed by atoms with Gasteiger partial charge in [-0.1, -0.05) is 0 Å². The monoisotopic (exact) mass is 504 g/mol. The van der Waals surface area contributed by atoms with Crippen LogP contribution in [0.15, 0.2) is 24.5 Å². The number of ketones is 1. The average molecular weight is 505 g/mol. The van der Waals surface area contributed by atoms with E-state index in [9.17, 15) is 19.5 Å². The molecule has 6 heterocycles. The van der Waals surface area contributed by atoms with E-state index < -0.39 is 6.61 Å². The minimum Gasteiger partial charge on any atom is -0.387 e. The van der Waals surface area contributed by atoms with E-state index in [1.165, 1.54) is 16.4 Å². The number of carbonyl (C=O) groups is 3. The molecule has 3 aromatic rings. The smallest absolute Gasteiger partial charge is 0.248 e. The Kier molecular flexibility index (Phi) is 5.64. The van der Waals surface area contributed by atoms with E-state index >= 15 is 0 Å². The molecule has 0 spiro atoms. The van der Waals surface area contributed by atoms with E-state index in [4.69, 9.17) is 10.7 Å². The van der Waals surface area contributed by atoms with E-state index in [0.29, 0.717) is 54.1 Å². The summed E-state index contributed by atoms with van der Waals surface area (Å²) in [5.41, 5.74) is 12.5. The lowest BCUT2D eigenvalue weighted by atomic mass is 9.85. The van der Waals surface area contributed by atoms with E-state index in [0.717, 1.165) is 18.4 Å². The number of aliphatic hydroxyl groups is 1. The number of amides is 2. The number of Topliss-reactive ketones (excluding diaryl/α,β-unsaturated/α-hetero) is 1. The highest BCUT2D eigenvalue weighted by atomic mass is 16.3. The summed E-state index contributed by atoms with van der Waals surface area (Å²) in [6, 6.07) is 3.62. The number of hydrazine groups is 1. The van der Waals surface area contributed by atoms with Crippen molar-refractivity contribution < 1.29 is 19.5 Å². The zero-order chi connectivity index (χ0) is 25.8. The topological polar surface area (TPSA) is 159 Å². The second-order valence-electron chi connectivity index (χ2n) is 9.91. The molecule has 0 saturated carbocycles. The van der Waals surface area contributed by atoms with Gasteiger partial charge in [-0.3, -0.25) is 14.4 Å². The first-order valence-electron chi connectivity index (χ1n) is 12.5. The van der Waals surface area contributed by atoms with Gasteiger partial charge in [-0.2, -0.15) is 9.61 Å². The maximum Gasteiger partial charge on any atom is 0.248 e. The Balaban J connectivity index is 1.39. The Bertz CT molecular complexity index is 1400. The molecule has 3 atom stereocenters. The van der Waals surface area contributed by atoms with Crippen LogP contribution < -0.4 is 16.2 Å². The van der Waals surface area contributed by atoms with Gasteiger partial charge in [0, 0.05) is 48.3 Å². The fourth-order valence-electron chi connectivity index (χ4n) is 6.14. The van der Waals surface area contributed by atoms with Crippen molar-refractivity contribution in [2.24, 2.45) is 0 Å². The number of pyridine rings is 1. The molecule has 3 saturated heterocycles. The minimum atomic E-state index is -0.498. The van der Waals surface area contributed by atoms with Crippen molar-refractivity contribution in [1.29, 1.82) is 0 Å². The van der Waals surface area contributed by atoms with Gasteiger partial charge in [-0.05, 0) is 44.7 Å². The second kappa shape index (κ2) is 8.89. The fraction of sp³-hybridized carbons (Fsp3) is 0.440. The van der Waals surface area contributed by atoms with Crippen molar-refractivity contribution in [3.63, 3.8) is 0 Å². The Morgan fingerprint density at radius 3 is 2.54 bits per heavy atom. The lowest BCUT2D eigenvalue weighted by molar-refractivity contribution is -0.138. The maximum absolute atomic E-state index is 12.7. The van der Waals surface area contributed by atoms with E-state index in [-0.39, 0.29) is 41.4 Å². The van der Waals surface area contributed by atoms with Crippen molar-refractivity contribution in [2.75, 3.05) is 23.9 Å². The van der Waals surface area contributed by atoms with Gasteiger partial charge in [0.2, 0.25) is 11.8 Å². The molecule has 0 aliphatic carbocycles. The van der Waals surface area contributed by atoms with Crippen LogP contribution in [0.2, 0.25) is 0 Å². The number of nitrogens with zero attached hydrogens (tertiary/aromatic N) is 6. The predicted octanol–water partition coefficient (Wildman–Crippen LogP) is 1.05. The van der Waals surface area contributed by atoms with Crippen LogP contribution in [0.3, 0.4) is 0 Å². The van der Waals surface area contributed by atoms with E-state index in [1.807, 2.05) is 11.0 Å². The number of nitrogens with one attached hydrogen (secondary N) is 1. The average Bonchev–Trinajstić information content (AvgIpc) is 3.59. The molecule has 3 aromatic heterocycles. The highest BCUT2D eigenvalue weighted by molar-refractivity contribution is 6.00. The molecule has 1 unspecified atom stereocenters. The van der Waals surface area contributed by atoms with Gasteiger partial charge in [0.05, 0.1) is 17.5 Å². The van der Waals surface area contributed by atoms with Crippen molar-refractivity contribution in [3.8, 4) is 11.1 Å². The fourth-order valence-corrected chi connectivity index (χ4v) is 6.14. The standard InChI is InChI=1S/C25H28N8O4/c1-13(35)22-23(15-8-16-3-4-17(9-15)31(16)21(37)12-34)30-25-18(11-29-33(25)24(22)26)14-2-5-19(27-10-14)32-20(36)6-7-28-32/h2,5,10-11,15-17,28,34H,3-4,6-9,12,26H2,1H3/t15?,16-,17+. The summed E-state index contributed by atoms with van der Waals surface area (Å²) in [6.07, 6.45) is 6.78. The molecular weight excluding hydrogens is 476 g/mol. The molecule has 0 radical (unpaired) electrons. The largest absolute Gasteiger partial charge is 0.387 e. The van der Waals surface area contributed by atoms with Gasteiger partial charge < -0.3 is 15.7 Å². The Hall–Kier alpha value is -3.90. The summed E-state index contributed by atoms with van der Waals surface area (Å²) in [7, 11) is 0. The molecule has 3 fully saturated rings. The number of anilines is 2. The Labute approximate surface area is 212 Å². The molecule has 2 bridgehead atoms. The van der Waals surface area contributed by atoms with Gasteiger partial charge in [0.15, 0.2) is 11.4 Å². The minimum absolute atomic E-state index is 0.00509. The molecule has 12 nitrogen and oxygen atoms in total. The number of fused-ring (bicyclic) bond motifs is 3. The number of hydrogen-bond acceptors (Lipinski definition) is 9. The molecule has 12 heteroatoms. The second-order valence-corrected chi connectivity index (χ2v) is 9.91. The van der Waals surface area contributed by atoms with E-state index in [1.54, 1.807) is 18.5 Å². The predicted molar refractivity (Wildman–Crippen MR) is 133 cm³/mol. The first-order valence-corrected chi connectivity index (χ1v) is 12.5. The molecule has 0 aromatic carbocycles. The van der Waals surface area contributed by atoms with Crippen LogP contribution in [-0.4, -0.2) is 72.4 Å². The number of nitrogens with two attached hydrogens (primary N) is 1. The van der Waals surface area contributed by atoms with Crippen molar-refractivity contribution in [1.82, 2.24) is 29.9 Å². The molecule has 3 aliphatic heterocycles. The molecule has 2 amide bonds. The highest BCUT2D eigenvalue weighted by Crippen LogP contribution is 2.44. The van der Waals surface area contributed by atoms with Crippen LogP contribution in [0.5, 0.6) is 0 Å². The maximum atomic E-state index is 12.7. The summed E-state index contributed by atoms with van der Waals surface area (Å²) in [5.74, 6) is 0.218. The molecule has 6 rings (SSSR count). The number of rotatable bonds is 5. The molecule has 4 N–H and O–H groups in total. The van der Waals surface area contributed by atoms with Gasteiger partial charge in [-0.25, -0.2) is 20.4 Å². The number of carbonyl (C=O) groups excluding carboxylic acids is 3. The summed E-state index contributed by atoms with van der Waals surface area (Å²) >= 11 is 0. The summed E-state index contributed by atoms with van der Waals surface area (Å²) in [5, 5.41) is 15.3. The van der Waals surface area contributed by atoms with Gasteiger partial charge in [0.25, 0.3) is 0 Å². The highest BCUT2D eigenvalue weighted by Gasteiger charge is 2.44. The zero-order valence-corrected chi connectivity index (χ0v) is 20.4. The molecule has 192 valence electrons. The molecule has 37 heavy (non-hydrogen) atoms.